The van der Waals surface area contributed by atoms with Crippen molar-refractivity contribution < 1.29 is 4.52 Å². The van der Waals surface area contributed by atoms with Crippen LogP contribution in [0.3, 0.4) is 0 Å². The van der Waals surface area contributed by atoms with Gasteiger partial charge in [0.05, 0.1) is 0 Å². The second-order valence-electron chi connectivity index (χ2n) is 4.34. The molecule has 0 aliphatic rings. The van der Waals surface area contributed by atoms with Crippen LogP contribution < -0.4 is 0 Å². The summed E-state index contributed by atoms with van der Waals surface area (Å²) in [5, 5.41) is 2.13. The minimum atomic E-state index is -0.124. The molecule has 0 aliphatic heterocycles. The van der Waals surface area contributed by atoms with Crippen molar-refractivity contribution in [3.63, 3.8) is 0 Å². The van der Waals surface area contributed by atoms with Crippen LogP contribution in [0.15, 0.2) is 17.5 Å². The molecule has 0 saturated heterocycles. The van der Waals surface area contributed by atoms with E-state index in [1.54, 1.807) is 11.3 Å². The quantitative estimate of drug-likeness (QED) is 0.428. The summed E-state index contributed by atoms with van der Waals surface area (Å²) < 4.78 is 5.96. The second-order valence-corrected chi connectivity index (χ2v) is 6.07. The van der Waals surface area contributed by atoms with Gasteiger partial charge >= 0.3 is 0 Å². The highest BCUT2D eigenvalue weighted by Crippen LogP contribution is 2.41. The Kier molecular flexibility index (Phi) is 7.45. The highest BCUT2D eigenvalue weighted by molar-refractivity contribution is 7.94. The molecule has 0 aliphatic carbocycles. The van der Waals surface area contributed by atoms with E-state index in [-0.39, 0.29) is 5.60 Å². The van der Waals surface area contributed by atoms with Crippen LogP contribution in [0.5, 0.6) is 0 Å². The van der Waals surface area contributed by atoms with E-state index < -0.39 is 0 Å². The first-order valence-corrected chi connectivity index (χ1v) is 9.04. The number of rotatable bonds is 9. The molecule has 1 nitrogen and oxygen atoms in total. The van der Waals surface area contributed by atoms with Gasteiger partial charge in [-0.15, -0.1) is 11.3 Å². The Morgan fingerprint density at radius 2 is 2.12 bits per heavy atom. The zero-order valence-corrected chi connectivity index (χ0v) is 13.2. The second kappa shape index (κ2) is 8.31. The summed E-state index contributed by atoms with van der Waals surface area (Å²) >= 11 is 6.81. The van der Waals surface area contributed by atoms with Crippen molar-refractivity contribution in [2.24, 2.45) is 0 Å². The van der Waals surface area contributed by atoms with Gasteiger partial charge in [0.1, 0.15) is 13.2 Å². The Morgan fingerprint density at radius 1 is 1.29 bits per heavy atom. The Hall–Kier alpha value is 0.180. The van der Waals surface area contributed by atoms with E-state index in [4.69, 9.17) is 16.3 Å². The zero-order valence-electron chi connectivity index (χ0n) is 10.6. The monoisotopic (exact) mass is 288 g/mol. The normalized spacial score (nSPS) is 14.9. The van der Waals surface area contributed by atoms with Gasteiger partial charge in [0.25, 0.3) is 0 Å². The summed E-state index contributed by atoms with van der Waals surface area (Å²) in [6, 6.07) is 4.29. The zero-order chi connectivity index (χ0) is 12.6. The van der Waals surface area contributed by atoms with E-state index in [9.17, 15) is 0 Å². The molecule has 1 aromatic heterocycles. The molecule has 1 heterocycles. The molecule has 0 fully saturated rings. The summed E-state index contributed by atoms with van der Waals surface area (Å²) in [4.78, 5) is 1.34. The molecular formula is C13H21OPS2. The minimum Gasteiger partial charge on any atom is -0.305 e. The number of hydrogen-bond donors (Lipinski definition) is 0. The third kappa shape index (κ3) is 4.40. The molecule has 0 N–H and O–H groups in total. The van der Waals surface area contributed by atoms with E-state index in [2.05, 4.69) is 31.4 Å². The Balaban J connectivity index is 2.82. The summed E-state index contributed by atoms with van der Waals surface area (Å²) in [6.45, 7) is 4.45. The lowest BCUT2D eigenvalue weighted by molar-refractivity contribution is 0.0693. The largest absolute Gasteiger partial charge is 0.305 e. The van der Waals surface area contributed by atoms with Gasteiger partial charge in [-0.2, -0.15) is 0 Å². The first-order valence-electron chi connectivity index (χ1n) is 6.34. The van der Waals surface area contributed by atoms with Gasteiger partial charge in [-0.3, -0.25) is 0 Å². The molecule has 1 rings (SSSR count). The van der Waals surface area contributed by atoms with Crippen molar-refractivity contribution in [2.45, 2.75) is 58.0 Å². The van der Waals surface area contributed by atoms with Crippen LogP contribution in [0.4, 0.5) is 0 Å². The van der Waals surface area contributed by atoms with Crippen LogP contribution in [0, 0.1) is 0 Å². The molecule has 0 radical (unpaired) electrons. The van der Waals surface area contributed by atoms with Crippen molar-refractivity contribution in [1.82, 2.24) is 0 Å². The van der Waals surface area contributed by atoms with Crippen LogP contribution in [-0.2, 0) is 21.9 Å². The smallest absolute Gasteiger partial charge is 0.137 e. The molecule has 96 valence electrons. The first kappa shape index (κ1) is 15.2. The lowest BCUT2D eigenvalue weighted by Gasteiger charge is -2.30. The summed E-state index contributed by atoms with van der Waals surface area (Å²) in [7, 11) is 0.627. The molecule has 0 amide bonds. The minimum absolute atomic E-state index is 0.124. The summed E-state index contributed by atoms with van der Waals surface area (Å²) in [6.07, 6.45) is 7.04. The SMILES string of the molecule is CCCCCC(CCC)(OP=S)c1cccs1. The van der Waals surface area contributed by atoms with Crippen LogP contribution in [-0.4, -0.2) is 0 Å². The van der Waals surface area contributed by atoms with Crippen LogP contribution >= 0.6 is 18.9 Å². The van der Waals surface area contributed by atoms with Crippen molar-refractivity contribution in [2.75, 3.05) is 0 Å². The summed E-state index contributed by atoms with van der Waals surface area (Å²) in [5.74, 6) is 0. The van der Waals surface area contributed by atoms with Crippen LogP contribution in [0.25, 0.3) is 0 Å². The predicted octanol–water partition coefficient (Wildman–Crippen LogP) is 5.66. The Labute approximate surface area is 116 Å². The summed E-state index contributed by atoms with van der Waals surface area (Å²) in [5.41, 5.74) is -0.124. The molecule has 0 aromatic carbocycles. The maximum atomic E-state index is 5.96. The van der Waals surface area contributed by atoms with Gasteiger partial charge in [0.15, 0.2) is 0 Å². The third-order valence-corrected chi connectivity index (χ3v) is 4.72. The van der Waals surface area contributed by atoms with E-state index in [0.29, 0.717) is 7.58 Å². The lowest BCUT2D eigenvalue weighted by atomic mass is 9.90. The van der Waals surface area contributed by atoms with Gasteiger partial charge in [0, 0.05) is 4.88 Å². The average molecular weight is 288 g/mol. The fraction of sp³-hybridized carbons (Fsp3) is 0.692. The third-order valence-electron chi connectivity index (χ3n) is 3.02. The molecule has 0 spiro atoms. The van der Waals surface area contributed by atoms with Gasteiger partial charge < -0.3 is 4.52 Å². The fourth-order valence-electron chi connectivity index (χ4n) is 2.18. The molecule has 0 bridgehead atoms. The molecule has 17 heavy (non-hydrogen) atoms. The molecule has 4 heteroatoms. The van der Waals surface area contributed by atoms with E-state index in [0.717, 1.165) is 19.3 Å². The molecule has 1 unspecified atom stereocenters. The maximum Gasteiger partial charge on any atom is 0.137 e. The number of hydrogen-bond acceptors (Lipinski definition) is 3. The van der Waals surface area contributed by atoms with Gasteiger partial charge in [-0.05, 0) is 36.1 Å². The van der Waals surface area contributed by atoms with Crippen molar-refractivity contribution >= 4 is 30.7 Å². The van der Waals surface area contributed by atoms with Crippen LogP contribution in [0.1, 0.15) is 57.2 Å². The molecular weight excluding hydrogens is 267 g/mol. The van der Waals surface area contributed by atoms with Gasteiger partial charge in [-0.25, -0.2) is 0 Å². The molecule has 1 atom stereocenters. The Bertz CT molecular complexity index is 313. The average Bonchev–Trinajstić information content (AvgIpc) is 2.83. The van der Waals surface area contributed by atoms with E-state index in [1.165, 1.54) is 24.1 Å². The lowest BCUT2D eigenvalue weighted by Crippen LogP contribution is -2.25. The fourth-order valence-corrected chi connectivity index (χ4v) is 4.02. The maximum absolute atomic E-state index is 5.96. The molecule has 0 saturated carbocycles. The van der Waals surface area contributed by atoms with E-state index >= 15 is 0 Å². The first-order chi connectivity index (χ1) is 8.29. The van der Waals surface area contributed by atoms with Gasteiger partial charge in [-0.1, -0.05) is 45.6 Å². The highest BCUT2D eigenvalue weighted by atomic mass is 32.4. The predicted molar refractivity (Wildman–Crippen MR) is 80.4 cm³/mol. The molecule has 1 aromatic rings. The number of thiophene rings is 1. The number of unbranched alkanes of at least 4 members (excludes halogenated alkanes) is 2. The highest BCUT2D eigenvalue weighted by Gasteiger charge is 2.32. The topological polar surface area (TPSA) is 9.23 Å². The van der Waals surface area contributed by atoms with Crippen molar-refractivity contribution in [3.8, 4) is 0 Å². The Morgan fingerprint density at radius 3 is 2.65 bits per heavy atom. The van der Waals surface area contributed by atoms with Crippen LogP contribution in [0.2, 0.25) is 0 Å². The van der Waals surface area contributed by atoms with Gasteiger partial charge in [0.2, 0.25) is 0 Å². The van der Waals surface area contributed by atoms with Crippen molar-refractivity contribution in [1.29, 1.82) is 0 Å². The van der Waals surface area contributed by atoms with Crippen molar-refractivity contribution in [3.05, 3.63) is 22.4 Å². The standard InChI is InChI=1S/C13H21OPS2/c1-3-5-6-10-13(9-4-2,14-15-16)12-8-7-11-17-12/h7-8,11H,3-6,9-10H2,1-2H3. The van der Waals surface area contributed by atoms with E-state index in [1.807, 2.05) is 0 Å².